The molecule has 0 aliphatic rings. The van der Waals surface area contributed by atoms with Crippen molar-refractivity contribution in [2.24, 2.45) is 0 Å². The van der Waals surface area contributed by atoms with Crippen LogP contribution >= 0.6 is 11.3 Å². The van der Waals surface area contributed by atoms with Crippen LogP contribution in [0.25, 0.3) is 10.2 Å². The van der Waals surface area contributed by atoms with Gasteiger partial charge in [-0.3, -0.25) is 9.59 Å². The number of hydrogen-bond acceptors (Lipinski definition) is 5. The van der Waals surface area contributed by atoms with Crippen molar-refractivity contribution in [3.63, 3.8) is 0 Å². The van der Waals surface area contributed by atoms with Crippen LogP contribution in [-0.2, 0) is 4.79 Å². The minimum atomic E-state index is -0.704. The van der Waals surface area contributed by atoms with E-state index < -0.39 is 6.04 Å². The number of carbonyl (C=O) groups excluding carboxylic acids is 1. The number of thiophene rings is 1. The molecule has 0 aliphatic heterocycles. The van der Waals surface area contributed by atoms with Crippen LogP contribution < -0.4 is 10.9 Å². The smallest absolute Gasteiger partial charge is 0.279 e. The minimum Gasteiger partial charge on any atom is -0.324 e. The number of carbonyl (C=O) groups is 1. The highest BCUT2D eigenvalue weighted by Gasteiger charge is 2.24. The molecule has 1 unspecified atom stereocenters. The Bertz CT molecular complexity index is 1010. The van der Waals surface area contributed by atoms with Crippen LogP contribution in [0.3, 0.4) is 0 Å². The molecule has 7 heteroatoms. The number of anilines is 1. The quantitative estimate of drug-likeness (QED) is 0.777. The fraction of sp³-hybridized carbons (Fsp3) is 0.333. The van der Waals surface area contributed by atoms with Crippen molar-refractivity contribution in [1.82, 2.24) is 15.0 Å². The maximum Gasteiger partial charge on any atom is 0.279 e. The summed E-state index contributed by atoms with van der Waals surface area (Å²) in [5, 5.41) is 11.6. The summed E-state index contributed by atoms with van der Waals surface area (Å²) in [4.78, 5) is 27.2. The second-order valence-corrected chi connectivity index (χ2v) is 7.29. The van der Waals surface area contributed by atoms with Gasteiger partial charge in [0.15, 0.2) is 4.83 Å². The highest BCUT2D eigenvalue weighted by molar-refractivity contribution is 7.18. The van der Waals surface area contributed by atoms with Gasteiger partial charge in [0.25, 0.3) is 5.56 Å². The van der Waals surface area contributed by atoms with Gasteiger partial charge in [-0.1, -0.05) is 24.3 Å². The molecule has 0 saturated heterocycles. The molecule has 0 bridgehead atoms. The molecular formula is C18H20N4O2S. The maximum atomic E-state index is 12.9. The molecule has 1 N–H and O–H groups in total. The predicted molar refractivity (Wildman–Crippen MR) is 100 cm³/mol. The summed E-state index contributed by atoms with van der Waals surface area (Å²) >= 11 is 1.45. The lowest BCUT2D eigenvalue weighted by molar-refractivity contribution is -0.119. The molecule has 6 nitrogen and oxygen atoms in total. The summed E-state index contributed by atoms with van der Waals surface area (Å²) in [6.45, 7) is 7.66. The Morgan fingerprint density at radius 3 is 2.76 bits per heavy atom. The largest absolute Gasteiger partial charge is 0.324 e. The zero-order chi connectivity index (χ0) is 18.1. The number of aryl methyl sites for hydroxylation is 3. The predicted octanol–water partition coefficient (Wildman–Crippen LogP) is 3.37. The van der Waals surface area contributed by atoms with E-state index >= 15 is 0 Å². The molecule has 2 aromatic heterocycles. The van der Waals surface area contributed by atoms with E-state index in [0.29, 0.717) is 22.3 Å². The van der Waals surface area contributed by atoms with E-state index in [2.05, 4.69) is 15.6 Å². The molecule has 25 heavy (non-hydrogen) atoms. The Balaban J connectivity index is 1.99. The van der Waals surface area contributed by atoms with Gasteiger partial charge in [-0.25, -0.2) is 0 Å². The first kappa shape index (κ1) is 17.3. The van der Waals surface area contributed by atoms with Gasteiger partial charge in [-0.05, 0) is 50.5 Å². The Labute approximate surface area is 149 Å². The van der Waals surface area contributed by atoms with E-state index in [9.17, 15) is 9.59 Å². The number of nitrogens with one attached hydrogen (secondary N) is 1. The van der Waals surface area contributed by atoms with Crippen LogP contribution in [0.4, 0.5) is 5.69 Å². The van der Waals surface area contributed by atoms with Crippen LogP contribution in [-0.4, -0.2) is 20.9 Å². The van der Waals surface area contributed by atoms with Crippen molar-refractivity contribution in [2.45, 2.75) is 40.2 Å². The average Bonchev–Trinajstić information content (AvgIpc) is 2.85. The Hall–Kier alpha value is -2.54. The molecule has 0 radical (unpaired) electrons. The first-order valence-electron chi connectivity index (χ1n) is 8.15. The summed E-state index contributed by atoms with van der Waals surface area (Å²) in [5.41, 5.74) is 2.39. The second-order valence-electron chi connectivity index (χ2n) is 6.09. The molecular weight excluding hydrogens is 336 g/mol. The summed E-state index contributed by atoms with van der Waals surface area (Å²) in [5.74, 6) is -0.270. The van der Waals surface area contributed by atoms with Crippen molar-refractivity contribution in [2.75, 3.05) is 5.32 Å². The van der Waals surface area contributed by atoms with Crippen molar-refractivity contribution in [1.29, 1.82) is 0 Å². The van der Waals surface area contributed by atoms with Gasteiger partial charge in [0, 0.05) is 10.6 Å². The highest BCUT2D eigenvalue weighted by atomic mass is 32.1. The fourth-order valence-corrected chi connectivity index (χ4v) is 3.76. The van der Waals surface area contributed by atoms with Crippen LogP contribution in [0.2, 0.25) is 0 Å². The molecule has 3 aromatic rings. The monoisotopic (exact) mass is 356 g/mol. The third kappa shape index (κ3) is 3.19. The lowest BCUT2D eigenvalue weighted by atomic mass is 10.1. The zero-order valence-corrected chi connectivity index (χ0v) is 15.5. The normalized spacial score (nSPS) is 12.3. The molecule has 130 valence electrons. The van der Waals surface area contributed by atoms with E-state index in [1.807, 2.05) is 52.0 Å². The minimum absolute atomic E-state index is 0.266. The molecule has 1 amide bonds. The fourth-order valence-electron chi connectivity index (χ4n) is 2.80. The highest BCUT2D eigenvalue weighted by Crippen LogP contribution is 2.25. The van der Waals surface area contributed by atoms with E-state index in [-0.39, 0.29) is 11.5 Å². The summed E-state index contributed by atoms with van der Waals surface area (Å²) < 4.78 is 1.20. The SMILES string of the molecule is CCC(C(=O)Nc1cccc(C)c1)n1nnc2sc(C)c(C)c2c1=O. The van der Waals surface area contributed by atoms with Gasteiger partial charge < -0.3 is 5.32 Å². The number of hydrogen-bond donors (Lipinski definition) is 1. The lowest BCUT2D eigenvalue weighted by Gasteiger charge is -2.16. The lowest BCUT2D eigenvalue weighted by Crippen LogP contribution is -2.35. The molecule has 0 saturated carbocycles. The number of rotatable bonds is 4. The van der Waals surface area contributed by atoms with Gasteiger partial charge in [-0.2, -0.15) is 4.68 Å². The van der Waals surface area contributed by atoms with E-state index in [1.165, 1.54) is 16.0 Å². The Morgan fingerprint density at radius 2 is 2.08 bits per heavy atom. The standard InChI is InChI=1S/C18H20N4O2S/c1-5-14(16(23)19-13-8-6-7-10(2)9-13)22-18(24)15-11(3)12(4)25-17(15)20-21-22/h6-9,14H,5H2,1-4H3,(H,19,23). The van der Waals surface area contributed by atoms with Crippen LogP contribution in [0.1, 0.15) is 35.4 Å². The number of nitrogens with zero attached hydrogens (tertiary/aromatic N) is 3. The van der Waals surface area contributed by atoms with Crippen molar-refractivity contribution >= 4 is 33.1 Å². The van der Waals surface area contributed by atoms with Crippen LogP contribution in [0.5, 0.6) is 0 Å². The molecule has 0 fully saturated rings. The van der Waals surface area contributed by atoms with Gasteiger partial charge in [0.2, 0.25) is 5.91 Å². The van der Waals surface area contributed by atoms with Crippen molar-refractivity contribution < 1.29 is 4.79 Å². The molecule has 1 aromatic carbocycles. The topological polar surface area (TPSA) is 76.9 Å². The van der Waals surface area contributed by atoms with Crippen LogP contribution in [0.15, 0.2) is 29.1 Å². The zero-order valence-electron chi connectivity index (χ0n) is 14.7. The Kier molecular flexibility index (Phi) is 4.67. The summed E-state index contributed by atoms with van der Waals surface area (Å²) in [6, 6.07) is 6.83. The molecule has 1 atom stereocenters. The summed E-state index contributed by atoms with van der Waals surface area (Å²) in [7, 11) is 0. The number of aromatic nitrogens is 3. The van der Waals surface area contributed by atoms with Crippen LogP contribution in [0, 0.1) is 20.8 Å². The molecule has 0 aliphatic carbocycles. The Morgan fingerprint density at radius 1 is 1.32 bits per heavy atom. The molecule has 3 rings (SSSR count). The van der Waals surface area contributed by atoms with E-state index in [4.69, 9.17) is 0 Å². The van der Waals surface area contributed by atoms with E-state index in [0.717, 1.165) is 16.0 Å². The first-order chi connectivity index (χ1) is 11.9. The number of benzene rings is 1. The van der Waals surface area contributed by atoms with Crippen molar-refractivity contribution in [3.05, 3.63) is 50.6 Å². The second kappa shape index (κ2) is 6.76. The summed E-state index contributed by atoms with van der Waals surface area (Å²) in [6.07, 6.45) is 0.444. The van der Waals surface area contributed by atoms with Gasteiger partial charge >= 0.3 is 0 Å². The van der Waals surface area contributed by atoms with E-state index in [1.54, 1.807) is 0 Å². The molecule has 2 heterocycles. The average molecular weight is 356 g/mol. The maximum absolute atomic E-state index is 12.9. The van der Waals surface area contributed by atoms with Crippen molar-refractivity contribution in [3.8, 4) is 0 Å². The van der Waals surface area contributed by atoms with Gasteiger partial charge in [0.05, 0.1) is 5.39 Å². The van der Waals surface area contributed by atoms with Gasteiger partial charge in [0.1, 0.15) is 6.04 Å². The first-order valence-corrected chi connectivity index (χ1v) is 8.96. The third-order valence-corrected chi connectivity index (χ3v) is 5.38. The molecule has 0 spiro atoms. The number of amides is 1. The third-order valence-electron chi connectivity index (χ3n) is 4.29. The van der Waals surface area contributed by atoms with Gasteiger partial charge in [-0.15, -0.1) is 16.4 Å². The number of fused-ring (bicyclic) bond motifs is 1.